The summed E-state index contributed by atoms with van der Waals surface area (Å²) in [5.41, 5.74) is 4.06. The molecule has 0 N–H and O–H groups in total. The standard InChI is InChI=1S/C20H24N6O/c1-14-9-15(2)25(23-14)13-19(27)24-8-6-18(12-24)26-16(3)10-22-20(26)17-5-4-7-21-11-17/h4-5,7,9-11,18H,6,8,12-13H2,1-3H3. The lowest BCUT2D eigenvalue weighted by atomic mass is 10.2. The summed E-state index contributed by atoms with van der Waals surface area (Å²) < 4.78 is 4.03. The molecule has 0 aliphatic carbocycles. The highest BCUT2D eigenvalue weighted by Crippen LogP contribution is 2.29. The molecule has 3 aromatic heterocycles. The van der Waals surface area contributed by atoms with Gasteiger partial charge in [0.05, 0.1) is 11.7 Å². The van der Waals surface area contributed by atoms with E-state index >= 15 is 0 Å². The normalized spacial score (nSPS) is 16.9. The zero-order chi connectivity index (χ0) is 19.0. The van der Waals surface area contributed by atoms with Crippen LogP contribution in [-0.4, -0.2) is 48.2 Å². The van der Waals surface area contributed by atoms with Crippen LogP contribution in [0.25, 0.3) is 11.4 Å². The Balaban J connectivity index is 1.51. The van der Waals surface area contributed by atoms with E-state index in [9.17, 15) is 4.79 Å². The Kier molecular flexibility index (Phi) is 4.51. The number of carbonyl (C=O) groups is 1. The highest BCUT2D eigenvalue weighted by molar-refractivity contribution is 5.76. The van der Waals surface area contributed by atoms with Gasteiger partial charge in [0, 0.05) is 48.6 Å². The summed E-state index contributed by atoms with van der Waals surface area (Å²) >= 11 is 0. The molecule has 3 aromatic rings. The fourth-order valence-corrected chi connectivity index (χ4v) is 3.86. The number of aryl methyl sites for hydroxylation is 3. The molecular formula is C20H24N6O. The van der Waals surface area contributed by atoms with Crippen molar-refractivity contribution < 1.29 is 4.79 Å². The molecule has 0 aromatic carbocycles. The third-order valence-corrected chi connectivity index (χ3v) is 5.17. The van der Waals surface area contributed by atoms with Crippen molar-refractivity contribution in [1.29, 1.82) is 0 Å². The molecule has 7 nitrogen and oxygen atoms in total. The second-order valence-electron chi connectivity index (χ2n) is 7.20. The van der Waals surface area contributed by atoms with Crippen LogP contribution in [0.5, 0.6) is 0 Å². The first-order valence-electron chi connectivity index (χ1n) is 9.26. The van der Waals surface area contributed by atoms with Gasteiger partial charge in [-0.05, 0) is 45.4 Å². The Morgan fingerprint density at radius 2 is 2.07 bits per heavy atom. The van der Waals surface area contributed by atoms with Gasteiger partial charge < -0.3 is 9.47 Å². The number of hydrogen-bond acceptors (Lipinski definition) is 4. The molecule has 140 valence electrons. The van der Waals surface area contributed by atoms with Gasteiger partial charge >= 0.3 is 0 Å². The molecule has 1 unspecified atom stereocenters. The molecule has 1 aliphatic rings. The van der Waals surface area contributed by atoms with Crippen molar-refractivity contribution in [2.24, 2.45) is 0 Å². The molecule has 7 heteroatoms. The number of likely N-dealkylation sites (tertiary alicyclic amines) is 1. The molecule has 1 saturated heterocycles. The summed E-state index contributed by atoms with van der Waals surface area (Å²) in [5, 5.41) is 4.41. The van der Waals surface area contributed by atoms with Gasteiger partial charge in [-0.2, -0.15) is 5.10 Å². The minimum Gasteiger partial charge on any atom is -0.339 e. The molecule has 0 spiro atoms. The smallest absolute Gasteiger partial charge is 0.244 e. The van der Waals surface area contributed by atoms with Crippen molar-refractivity contribution in [3.05, 3.63) is 53.9 Å². The first-order chi connectivity index (χ1) is 13.0. The van der Waals surface area contributed by atoms with Gasteiger partial charge in [-0.3, -0.25) is 14.5 Å². The van der Waals surface area contributed by atoms with Crippen molar-refractivity contribution in [3.63, 3.8) is 0 Å². The molecule has 1 atom stereocenters. The number of imidazole rings is 1. The number of carbonyl (C=O) groups excluding carboxylic acids is 1. The summed E-state index contributed by atoms with van der Waals surface area (Å²) in [4.78, 5) is 23.5. The molecule has 1 fully saturated rings. The molecule has 4 heterocycles. The van der Waals surface area contributed by atoms with E-state index in [2.05, 4.69) is 26.6 Å². The third kappa shape index (κ3) is 3.37. The van der Waals surface area contributed by atoms with Crippen LogP contribution >= 0.6 is 0 Å². The molecule has 27 heavy (non-hydrogen) atoms. The lowest BCUT2D eigenvalue weighted by molar-refractivity contribution is -0.131. The fourth-order valence-electron chi connectivity index (χ4n) is 3.86. The molecular weight excluding hydrogens is 340 g/mol. The van der Waals surface area contributed by atoms with Gasteiger partial charge in [0.25, 0.3) is 0 Å². The highest BCUT2D eigenvalue weighted by Gasteiger charge is 2.30. The van der Waals surface area contributed by atoms with Crippen LogP contribution in [0.15, 0.2) is 36.8 Å². The molecule has 0 radical (unpaired) electrons. The van der Waals surface area contributed by atoms with Gasteiger partial charge in [-0.15, -0.1) is 0 Å². The number of pyridine rings is 1. The summed E-state index contributed by atoms with van der Waals surface area (Å²) in [6.07, 6.45) is 6.41. The first-order valence-corrected chi connectivity index (χ1v) is 9.26. The minimum absolute atomic E-state index is 0.115. The summed E-state index contributed by atoms with van der Waals surface area (Å²) in [7, 11) is 0. The Morgan fingerprint density at radius 3 is 2.78 bits per heavy atom. The lowest BCUT2D eigenvalue weighted by Gasteiger charge is -2.20. The van der Waals surface area contributed by atoms with Crippen molar-refractivity contribution in [3.8, 4) is 11.4 Å². The van der Waals surface area contributed by atoms with E-state index in [0.29, 0.717) is 13.1 Å². The largest absolute Gasteiger partial charge is 0.339 e. The average Bonchev–Trinajstić information content (AvgIpc) is 3.35. The van der Waals surface area contributed by atoms with E-state index in [0.717, 1.165) is 41.4 Å². The van der Waals surface area contributed by atoms with Crippen LogP contribution in [0.4, 0.5) is 0 Å². The van der Waals surface area contributed by atoms with E-state index < -0.39 is 0 Å². The highest BCUT2D eigenvalue weighted by atomic mass is 16.2. The van der Waals surface area contributed by atoms with Crippen LogP contribution in [0, 0.1) is 20.8 Å². The maximum Gasteiger partial charge on any atom is 0.244 e. The van der Waals surface area contributed by atoms with Crippen molar-refractivity contribution in [2.75, 3.05) is 13.1 Å². The summed E-state index contributed by atoms with van der Waals surface area (Å²) in [5.74, 6) is 1.03. The second-order valence-corrected chi connectivity index (χ2v) is 7.20. The van der Waals surface area contributed by atoms with E-state index in [1.54, 1.807) is 10.9 Å². The van der Waals surface area contributed by atoms with Crippen molar-refractivity contribution in [1.82, 2.24) is 29.2 Å². The summed E-state index contributed by atoms with van der Waals surface area (Å²) in [6.45, 7) is 7.74. The van der Waals surface area contributed by atoms with E-state index in [1.807, 2.05) is 49.3 Å². The zero-order valence-electron chi connectivity index (χ0n) is 16.0. The molecule has 0 bridgehead atoms. The number of amides is 1. The third-order valence-electron chi connectivity index (χ3n) is 5.17. The van der Waals surface area contributed by atoms with Gasteiger partial charge in [0.15, 0.2) is 0 Å². The fraction of sp³-hybridized carbons (Fsp3) is 0.400. The molecule has 1 amide bonds. The van der Waals surface area contributed by atoms with Gasteiger partial charge in [0.2, 0.25) is 5.91 Å². The second kappa shape index (κ2) is 6.98. The maximum atomic E-state index is 12.8. The van der Waals surface area contributed by atoms with Crippen LogP contribution < -0.4 is 0 Å². The lowest BCUT2D eigenvalue weighted by Crippen LogP contribution is -2.33. The number of rotatable bonds is 4. The van der Waals surface area contributed by atoms with Crippen molar-refractivity contribution >= 4 is 5.91 Å². The van der Waals surface area contributed by atoms with Crippen LogP contribution in [-0.2, 0) is 11.3 Å². The van der Waals surface area contributed by atoms with E-state index in [4.69, 9.17) is 0 Å². The Morgan fingerprint density at radius 1 is 1.22 bits per heavy atom. The number of aromatic nitrogens is 5. The number of nitrogens with zero attached hydrogens (tertiary/aromatic N) is 6. The minimum atomic E-state index is 0.115. The Hall–Kier alpha value is -2.96. The predicted molar refractivity (Wildman–Crippen MR) is 102 cm³/mol. The quantitative estimate of drug-likeness (QED) is 0.713. The Bertz CT molecular complexity index is 958. The summed E-state index contributed by atoms with van der Waals surface area (Å²) in [6, 6.07) is 6.16. The van der Waals surface area contributed by atoms with Gasteiger partial charge in [0.1, 0.15) is 12.4 Å². The maximum absolute atomic E-state index is 12.8. The zero-order valence-corrected chi connectivity index (χ0v) is 16.0. The van der Waals surface area contributed by atoms with Crippen LogP contribution in [0.2, 0.25) is 0 Å². The van der Waals surface area contributed by atoms with E-state index in [1.165, 1.54) is 0 Å². The molecule has 4 rings (SSSR count). The van der Waals surface area contributed by atoms with Crippen LogP contribution in [0.1, 0.15) is 29.5 Å². The van der Waals surface area contributed by atoms with E-state index in [-0.39, 0.29) is 11.9 Å². The predicted octanol–water partition coefficient (Wildman–Crippen LogP) is 2.54. The topological polar surface area (TPSA) is 68.8 Å². The average molecular weight is 364 g/mol. The van der Waals surface area contributed by atoms with Gasteiger partial charge in [-0.1, -0.05) is 0 Å². The first kappa shape index (κ1) is 17.5. The van der Waals surface area contributed by atoms with Gasteiger partial charge in [-0.25, -0.2) is 4.98 Å². The monoisotopic (exact) mass is 364 g/mol. The van der Waals surface area contributed by atoms with Crippen LogP contribution in [0.3, 0.4) is 0 Å². The van der Waals surface area contributed by atoms with Crippen molar-refractivity contribution in [2.45, 2.75) is 39.8 Å². The molecule has 1 aliphatic heterocycles. The Labute approximate surface area is 158 Å². The SMILES string of the molecule is Cc1cc(C)n(CC(=O)N2CCC(n3c(C)cnc3-c3cccnc3)C2)n1. The molecule has 0 saturated carbocycles. The number of hydrogen-bond donors (Lipinski definition) is 0.